The molecule has 4 nitrogen and oxygen atoms in total. The summed E-state index contributed by atoms with van der Waals surface area (Å²) in [6, 6.07) is 0. The molecule has 0 fully saturated rings. The van der Waals surface area contributed by atoms with E-state index in [1.54, 1.807) is 7.11 Å². The summed E-state index contributed by atoms with van der Waals surface area (Å²) < 4.78 is 0. The summed E-state index contributed by atoms with van der Waals surface area (Å²) in [4.78, 5) is 4.58. The first-order chi connectivity index (χ1) is 4.31. The van der Waals surface area contributed by atoms with Crippen LogP contribution in [0.4, 0.5) is 0 Å². The SMILES string of the molecule is CONC(N)CCCN. The Morgan fingerprint density at radius 2 is 2.33 bits per heavy atom. The second-order valence-corrected chi connectivity index (χ2v) is 1.86. The van der Waals surface area contributed by atoms with Gasteiger partial charge in [0.2, 0.25) is 0 Å². The number of hydrogen-bond donors (Lipinski definition) is 3. The van der Waals surface area contributed by atoms with Crippen molar-refractivity contribution in [1.29, 1.82) is 0 Å². The molecule has 0 aromatic heterocycles. The van der Waals surface area contributed by atoms with E-state index in [4.69, 9.17) is 11.5 Å². The van der Waals surface area contributed by atoms with Crippen molar-refractivity contribution in [2.75, 3.05) is 13.7 Å². The van der Waals surface area contributed by atoms with Gasteiger partial charge in [-0.25, -0.2) is 0 Å². The molecule has 0 aromatic carbocycles. The first-order valence-electron chi connectivity index (χ1n) is 3.05. The van der Waals surface area contributed by atoms with E-state index in [-0.39, 0.29) is 6.17 Å². The monoisotopic (exact) mass is 133 g/mol. The van der Waals surface area contributed by atoms with E-state index >= 15 is 0 Å². The Labute approximate surface area is 55.5 Å². The van der Waals surface area contributed by atoms with Crippen molar-refractivity contribution in [3.05, 3.63) is 0 Å². The molecule has 5 N–H and O–H groups in total. The summed E-state index contributed by atoms with van der Waals surface area (Å²) in [5.74, 6) is 0. The molecule has 9 heavy (non-hydrogen) atoms. The quantitative estimate of drug-likeness (QED) is 0.338. The van der Waals surface area contributed by atoms with E-state index in [9.17, 15) is 0 Å². The molecule has 0 saturated carbocycles. The topological polar surface area (TPSA) is 73.3 Å². The fourth-order valence-electron chi connectivity index (χ4n) is 0.548. The lowest BCUT2D eigenvalue weighted by Crippen LogP contribution is -2.36. The van der Waals surface area contributed by atoms with Crippen LogP contribution in [-0.4, -0.2) is 19.8 Å². The molecule has 0 rings (SSSR count). The summed E-state index contributed by atoms with van der Waals surface area (Å²) >= 11 is 0. The van der Waals surface area contributed by atoms with Gasteiger partial charge in [-0.15, -0.1) is 0 Å². The zero-order valence-corrected chi connectivity index (χ0v) is 5.76. The van der Waals surface area contributed by atoms with Gasteiger partial charge in [-0.2, -0.15) is 5.48 Å². The van der Waals surface area contributed by atoms with Crippen molar-refractivity contribution < 1.29 is 4.84 Å². The molecule has 0 bridgehead atoms. The largest absolute Gasteiger partial charge is 0.330 e. The highest BCUT2D eigenvalue weighted by atomic mass is 16.6. The molecule has 0 amide bonds. The maximum absolute atomic E-state index is 5.48. The predicted molar refractivity (Wildman–Crippen MR) is 36.4 cm³/mol. The minimum atomic E-state index is -0.0847. The lowest BCUT2D eigenvalue weighted by atomic mass is 10.3. The van der Waals surface area contributed by atoms with Gasteiger partial charge in [0, 0.05) is 0 Å². The molecular weight excluding hydrogens is 118 g/mol. The Hall–Kier alpha value is -0.160. The standard InChI is InChI=1S/C5H15N3O/c1-9-8-5(7)3-2-4-6/h5,8H,2-4,6-7H2,1H3. The van der Waals surface area contributed by atoms with Crippen LogP contribution < -0.4 is 16.9 Å². The van der Waals surface area contributed by atoms with Crippen LogP contribution in [0.25, 0.3) is 0 Å². The molecule has 0 heterocycles. The Morgan fingerprint density at radius 3 is 2.78 bits per heavy atom. The van der Waals surface area contributed by atoms with E-state index < -0.39 is 0 Å². The maximum Gasteiger partial charge on any atom is 0.0787 e. The highest BCUT2D eigenvalue weighted by Gasteiger charge is 1.97. The third kappa shape index (κ3) is 5.72. The van der Waals surface area contributed by atoms with Crippen molar-refractivity contribution in [1.82, 2.24) is 5.48 Å². The lowest BCUT2D eigenvalue weighted by Gasteiger charge is -2.09. The minimum absolute atomic E-state index is 0.0847. The van der Waals surface area contributed by atoms with Crippen LogP contribution >= 0.6 is 0 Å². The number of nitrogens with two attached hydrogens (primary N) is 2. The second kappa shape index (κ2) is 5.97. The Kier molecular flexibility index (Phi) is 5.86. The number of rotatable bonds is 5. The van der Waals surface area contributed by atoms with Crippen molar-refractivity contribution in [3.63, 3.8) is 0 Å². The van der Waals surface area contributed by atoms with Crippen LogP contribution in [0.2, 0.25) is 0 Å². The van der Waals surface area contributed by atoms with Gasteiger partial charge in [0.25, 0.3) is 0 Å². The van der Waals surface area contributed by atoms with Gasteiger partial charge in [0.15, 0.2) is 0 Å². The molecule has 0 aliphatic carbocycles. The van der Waals surface area contributed by atoms with Gasteiger partial charge < -0.3 is 16.3 Å². The smallest absolute Gasteiger partial charge is 0.0787 e. The van der Waals surface area contributed by atoms with E-state index in [0.717, 1.165) is 12.8 Å². The normalized spacial score (nSPS) is 13.7. The molecule has 0 aliphatic heterocycles. The molecule has 0 saturated heterocycles. The van der Waals surface area contributed by atoms with Gasteiger partial charge in [0.1, 0.15) is 0 Å². The molecule has 1 unspecified atom stereocenters. The molecule has 4 heteroatoms. The fourth-order valence-corrected chi connectivity index (χ4v) is 0.548. The Morgan fingerprint density at radius 1 is 1.67 bits per heavy atom. The summed E-state index contributed by atoms with van der Waals surface area (Å²) in [5.41, 5.74) is 13.3. The van der Waals surface area contributed by atoms with Crippen molar-refractivity contribution in [2.24, 2.45) is 11.5 Å². The summed E-state index contributed by atoms with van der Waals surface area (Å²) in [6.07, 6.45) is 1.69. The zero-order valence-electron chi connectivity index (χ0n) is 5.76. The number of hydroxylamine groups is 1. The average molecular weight is 133 g/mol. The minimum Gasteiger partial charge on any atom is -0.330 e. The third-order valence-corrected chi connectivity index (χ3v) is 0.988. The molecule has 0 radical (unpaired) electrons. The molecule has 1 atom stereocenters. The van der Waals surface area contributed by atoms with E-state index in [0.29, 0.717) is 6.54 Å². The van der Waals surface area contributed by atoms with Crippen LogP contribution in [0.5, 0.6) is 0 Å². The van der Waals surface area contributed by atoms with Gasteiger partial charge in [-0.3, -0.25) is 0 Å². The van der Waals surface area contributed by atoms with E-state index in [2.05, 4.69) is 10.3 Å². The zero-order chi connectivity index (χ0) is 7.11. The van der Waals surface area contributed by atoms with Crippen LogP contribution in [0.3, 0.4) is 0 Å². The molecular formula is C5H15N3O. The molecule has 0 aliphatic rings. The van der Waals surface area contributed by atoms with Crippen LogP contribution in [0, 0.1) is 0 Å². The highest BCUT2D eigenvalue weighted by Crippen LogP contribution is 1.87. The summed E-state index contributed by atoms with van der Waals surface area (Å²) in [6.45, 7) is 0.680. The highest BCUT2D eigenvalue weighted by molar-refractivity contribution is 4.51. The molecule has 0 aromatic rings. The van der Waals surface area contributed by atoms with Crippen molar-refractivity contribution in [3.8, 4) is 0 Å². The predicted octanol–water partition coefficient (Wildman–Crippen LogP) is -0.839. The fraction of sp³-hybridized carbons (Fsp3) is 1.00. The second-order valence-electron chi connectivity index (χ2n) is 1.86. The first kappa shape index (κ1) is 8.84. The van der Waals surface area contributed by atoms with Crippen LogP contribution in [-0.2, 0) is 4.84 Å². The van der Waals surface area contributed by atoms with Crippen LogP contribution in [0.1, 0.15) is 12.8 Å². The van der Waals surface area contributed by atoms with Gasteiger partial charge in [-0.1, -0.05) is 0 Å². The van der Waals surface area contributed by atoms with E-state index in [1.165, 1.54) is 0 Å². The van der Waals surface area contributed by atoms with Crippen molar-refractivity contribution >= 4 is 0 Å². The number of nitrogens with one attached hydrogen (secondary N) is 1. The van der Waals surface area contributed by atoms with Gasteiger partial charge in [0.05, 0.1) is 13.3 Å². The third-order valence-electron chi connectivity index (χ3n) is 0.988. The van der Waals surface area contributed by atoms with E-state index in [1.807, 2.05) is 0 Å². The van der Waals surface area contributed by atoms with Crippen molar-refractivity contribution in [2.45, 2.75) is 19.0 Å². The summed E-state index contributed by atoms with van der Waals surface area (Å²) in [7, 11) is 1.54. The molecule has 0 spiro atoms. The van der Waals surface area contributed by atoms with Gasteiger partial charge in [-0.05, 0) is 19.4 Å². The Balaban J connectivity index is 2.95. The summed E-state index contributed by atoms with van der Waals surface area (Å²) in [5, 5.41) is 0. The Bertz CT molecular complexity index is 60.2. The van der Waals surface area contributed by atoms with Crippen LogP contribution in [0.15, 0.2) is 0 Å². The number of hydrogen-bond acceptors (Lipinski definition) is 4. The molecule has 56 valence electrons. The van der Waals surface area contributed by atoms with Gasteiger partial charge >= 0.3 is 0 Å². The maximum atomic E-state index is 5.48. The first-order valence-corrected chi connectivity index (χ1v) is 3.05. The lowest BCUT2D eigenvalue weighted by molar-refractivity contribution is 0.0596. The average Bonchev–Trinajstić information content (AvgIpc) is 1.85.